The van der Waals surface area contributed by atoms with Crippen LogP contribution in [0.15, 0.2) is 24.3 Å². The summed E-state index contributed by atoms with van der Waals surface area (Å²) in [4.78, 5) is 17.4. The fourth-order valence-electron chi connectivity index (χ4n) is 3.51. The van der Waals surface area contributed by atoms with Crippen molar-refractivity contribution < 1.29 is 9.53 Å². The highest BCUT2D eigenvalue weighted by molar-refractivity contribution is 6.33. The van der Waals surface area contributed by atoms with E-state index >= 15 is 0 Å². The molecule has 2 fully saturated rings. The van der Waals surface area contributed by atoms with Gasteiger partial charge in [0.2, 0.25) is 0 Å². The highest BCUT2D eigenvalue weighted by atomic mass is 35.5. The molecule has 1 atom stereocenters. The maximum Gasteiger partial charge on any atom is 0.255 e. The third kappa shape index (κ3) is 4.25. The van der Waals surface area contributed by atoms with Crippen molar-refractivity contribution in [2.24, 2.45) is 0 Å². The summed E-state index contributed by atoms with van der Waals surface area (Å²) in [6.45, 7) is 5.55. The maximum absolute atomic E-state index is 12.9. The van der Waals surface area contributed by atoms with Crippen molar-refractivity contribution in [1.29, 1.82) is 0 Å². The average Bonchev–Trinajstić information content (AvgIpc) is 2.61. The molecule has 126 valence electrons. The van der Waals surface area contributed by atoms with Gasteiger partial charge in [0.25, 0.3) is 5.91 Å². The summed E-state index contributed by atoms with van der Waals surface area (Å²) in [5.74, 6) is 0.0854. The van der Waals surface area contributed by atoms with Crippen molar-refractivity contribution in [2.45, 2.75) is 31.7 Å². The summed E-state index contributed by atoms with van der Waals surface area (Å²) < 4.78 is 5.40. The van der Waals surface area contributed by atoms with Gasteiger partial charge in [0.15, 0.2) is 0 Å². The minimum atomic E-state index is 0.0854. The van der Waals surface area contributed by atoms with E-state index in [1.54, 1.807) is 6.07 Å². The van der Waals surface area contributed by atoms with E-state index in [-0.39, 0.29) is 5.91 Å². The van der Waals surface area contributed by atoms with Crippen LogP contribution in [0, 0.1) is 0 Å². The average molecular weight is 337 g/mol. The number of benzene rings is 1. The fraction of sp³-hybridized carbons (Fsp3) is 0.611. The van der Waals surface area contributed by atoms with Crippen molar-refractivity contribution in [3.8, 4) is 0 Å². The molecule has 1 aromatic rings. The Bertz CT molecular complexity index is 532. The Morgan fingerprint density at radius 3 is 2.74 bits per heavy atom. The van der Waals surface area contributed by atoms with Crippen molar-refractivity contribution >= 4 is 17.5 Å². The number of nitrogens with zero attached hydrogens (tertiary/aromatic N) is 2. The van der Waals surface area contributed by atoms with Gasteiger partial charge in [-0.25, -0.2) is 0 Å². The number of rotatable bonds is 4. The molecule has 0 spiro atoms. The number of carbonyl (C=O) groups is 1. The number of morpholine rings is 1. The molecule has 0 N–H and O–H groups in total. The van der Waals surface area contributed by atoms with Crippen LogP contribution in [0.4, 0.5) is 0 Å². The molecule has 2 aliphatic rings. The Labute approximate surface area is 143 Å². The third-order valence-electron chi connectivity index (χ3n) is 4.87. The van der Waals surface area contributed by atoms with Crippen LogP contribution in [0.25, 0.3) is 0 Å². The monoisotopic (exact) mass is 336 g/mol. The first-order valence-electron chi connectivity index (χ1n) is 8.61. The predicted octanol–water partition coefficient (Wildman–Crippen LogP) is 3.06. The molecule has 2 heterocycles. The van der Waals surface area contributed by atoms with E-state index in [1.165, 1.54) is 6.42 Å². The summed E-state index contributed by atoms with van der Waals surface area (Å²) in [5, 5.41) is 0.551. The molecule has 1 aromatic carbocycles. The zero-order valence-electron chi connectivity index (χ0n) is 13.5. The summed E-state index contributed by atoms with van der Waals surface area (Å²) >= 11 is 6.22. The number of likely N-dealkylation sites (tertiary alicyclic amines) is 1. The summed E-state index contributed by atoms with van der Waals surface area (Å²) in [6.07, 6.45) is 4.43. The van der Waals surface area contributed by atoms with E-state index in [1.807, 2.05) is 23.1 Å². The van der Waals surface area contributed by atoms with Gasteiger partial charge in [-0.15, -0.1) is 0 Å². The van der Waals surface area contributed by atoms with Crippen LogP contribution in [0.1, 0.15) is 36.0 Å². The lowest BCUT2D eigenvalue weighted by atomic mass is 9.97. The smallest absolute Gasteiger partial charge is 0.255 e. The van der Waals surface area contributed by atoms with Crippen molar-refractivity contribution in [1.82, 2.24) is 9.80 Å². The highest BCUT2D eigenvalue weighted by Gasteiger charge is 2.28. The Kier molecular flexibility index (Phi) is 5.92. The zero-order chi connectivity index (χ0) is 16.1. The molecule has 0 aliphatic carbocycles. The second-order valence-electron chi connectivity index (χ2n) is 6.37. The first-order valence-corrected chi connectivity index (χ1v) is 8.99. The largest absolute Gasteiger partial charge is 0.379 e. The van der Waals surface area contributed by atoms with E-state index in [4.69, 9.17) is 16.3 Å². The first-order chi connectivity index (χ1) is 11.3. The van der Waals surface area contributed by atoms with E-state index in [0.717, 1.165) is 58.7 Å². The molecule has 23 heavy (non-hydrogen) atoms. The van der Waals surface area contributed by atoms with Gasteiger partial charge in [-0.1, -0.05) is 23.7 Å². The van der Waals surface area contributed by atoms with Crippen LogP contribution >= 0.6 is 11.6 Å². The highest BCUT2D eigenvalue weighted by Crippen LogP contribution is 2.25. The molecule has 2 aliphatic heterocycles. The Balaban J connectivity index is 1.63. The summed E-state index contributed by atoms with van der Waals surface area (Å²) in [7, 11) is 0. The quantitative estimate of drug-likeness (QED) is 0.847. The summed E-state index contributed by atoms with van der Waals surface area (Å²) in [6, 6.07) is 7.70. The maximum atomic E-state index is 12.9. The molecule has 0 bridgehead atoms. The van der Waals surface area contributed by atoms with E-state index in [2.05, 4.69) is 4.90 Å². The van der Waals surface area contributed by atoms with Crippen molar-refractivity contribution in [3.05, 3.63) is 34.9 Å². The number of carbonyl (C=O) groups excluding carboxylic acids is 1. The number of piperidine rings is 1. The SMILES string of the molecule is O=C(c1ccccc1Cl)N1CCCC[C@H]1CCN1CCOCC1. The minimum Gasteiger partial charge on any atom is -0.379 e. The Morgan fingerprint density at radius 2 is 1.96 bits per heavy atom. The molecule has 0 aromatic heterocycles. The lowest BCUT2D eigenvalue weighted by Crippen LogP contribution is -2.46. The Hall–Kier alpha value is -1.10. The summed E-state index contributed by atoms with van der Waals surface area (Å²) in [5.41, 5.74) is 0.632. The van der Waals surface area contributed by atoms with Gasteiger partial charge in [0.1, 0.15) is 0 Å². The van der Waals surface area contributed by atoms with Crippen LogP contribution in [-0.4, -0.2) is 61.1 Å². The normalized spacial score (nSPS) is 23.0. The van der Waals surface area contributed by atoms with Crippen molar-refractivity contribution in [3.63, 3.8) is 0 Å². The second-order valence-corrected chi connectivity index (χ2v) is 6.78. The second kappa shape index (κ2) is 8.13. The lowest BCUT2D eigenvalue weighted by Gasteiger charge is -2.37. The van der Waals surface area contributed by atoms with Gasteiger partial charge >= 0.3 is 0 Å². The fourth-order valence-corrected chi connectivity index (χ4v) is 3.73. The van der Waals surface area contributed by atoms with Crippen LogP contribution in [-0.2, 0) is 4.74 Å². The van der Waals surface area contributed by atoms with Crippen LogP contribution in [0.2, 0.25) is 5.02 Å². The molecule has 5 heteroatoms. The predicted molar refractivity (Wildman–Crippen MR) is 92.0 cm³/mol. The van der Waals surface area contributed by atoms with E-state index in [0.29, 0.717) is 16.6 Å². The molecule has 3 rings (SSSR count). The number of hydrogen-bond donors (Lipinski definition) is 0. The van der Waals surface area contributed by atoms with Gasteiger partial charge in [0.05, 0.1) is 23.8 Å². The number of ether oxygens (including phenoxy) is 1. The number of hydrogen-bond acceptors (Lipinski definition) is 3. The standard InChI is InChI=1S/C18H25ClN2O2/c19-17-7-2-1-6-16(17)18(22)21-9-4-3-5-15(21)8-10-20-11-13-23-14-12-20/h1-2,6-7,15H,3-5,8-14H2/t15-/m0/s1. The van der Waals surface area contributed by atoms with Crippen LogP contribution in [0.5, 0.6) is 0 Å². The van der Waals surface area contributed by atoms with Crippen molar-refractivity contribution in [2.75, 3.05) is 39.4 Å². The molecule has 0 saturated carbocycles. The minimum absolute atomic E-state index is 0.0854. The number of amides is 1. The third-order valence-corrected chi connectivity index (χ3v) is 5.20. The van der Waals surface area contributed by atoms with Gasteiger partial charge in [-0.05, 0) is 37.8 Å². The molecular formula is C18H25ClN2O2. The molecule has 1 amide bonds. The number of halogens is 1. The molecule has 4 nitrogen and oxygen atoms in total. The van der Waals surface area contributed by atoms with E-state index in [9.17, 15) is 4.79 Å². The zero-order valence-corrected chi connectivity index (χ0v) is 14.3. The van der Waals surface area contributed by atoms with Gasteiger partial charge in [-0.3, -0.25) is 9.69 Å². The van der Waals surface area contributed by atoms with Gasteiger partial charge in [0, 0.05) is 32.2 Å². The van der Waals surface area contributed by atoms with Gasteiger partial charge < -0.3 is 9.64 Å². The first kappa shape index (κ1) is 16.7. The topological polar surface area (TPSA) is 32.8 Å². The molecule has 0 radical (unpaired) electrons. The van der Waals surface area contributed by atoms with Gasteiger partial charge in [-0.2, -0.15) is 0 Å². The molecule has 0 unspecified atom stereocenters. The van der Waals surface area contributed by atoms with E-state index < -0.39 is 0 Å². The van der Waals surface area contributed by atoms with Crippen LogP contribution < -0.4 is 0 Å². The van der Waals surface area contributed by atoms with Crippen LogP contribution in [0.3, 0.4) is 0 Å². The molecule has 2 saturated heterocycles. The lowest BCUT2D eigenvalue weighted by molar-refractivity contribution is 0.0296. The molecular weight excluding hydrogens is 312 g/mol. The Morgan fingerprint density at radius 1 is 1.17 bits per heavy atom.